The van der Waals surface area contributed by atoms with Gasteiger partial charge in [0.05, 0.1) is 7.11 Å². The Balaban J connectivity index is 1.85. The number of carboxylic acids is 1. The number of hydrogen-bond donors (Lipinski definition) is 3. The molecule has 8 heteroatoms. The van der Waals surface area contributed by atoms with Crippen molar-refractivity contribution in [1.82, 2.24) is 15.5 Å². The molecule has 29 heavy (non-hydrogen) atoms. The topological polar surface area (TPSA) is 90.9 Å². The molecule has 1 aliphatic rings. The van der Waals surface area contributed by atoms with Crippen LogP contribution in [0.5, 0.6) is 5.75 Å². The van der Waals surface area contributed by atoms with Gasteiger partial charge in [0.1, 0.15) is 11.8 Å². The zero-order chi connectivity index (χ0) is 21.6. The minimum atomic E-state index is -0.967. The number of para-hydroxylation sites is 1. The normalized spacial score (nSPS) is 19.5. The molecule has 1 aromatic carbocycles. The van der Waals surface area contributed by atoms with Gasteiger partial charge in [-0.25, -0.2) is 4.79 Å². The van der Waals surface area contributed by atoms with Crippen LogP contribution in [0.3, 0.4) is 0 Å². The number of benzene rings is 1. The summed E-state index contributed by atoms with van der Waals surface area (Å²) >= 11 is 5.40. The Hall–Kier alpha value is -2.35. The van der Waals surface area contributed by atoms with E-state index in [4.69, 9.17) is 17.0 Å². The monoisotopic (exact) mass is 421 g/mol. The number of nitrogens with zero attached hydrogens (tertiary/aromatic N) is 1. The van der Waals surface area contributed by atoms with Crippen molar-refractivity contribution in [2.75, 3.05) is 14.2 Å². The number of amides is 1. The average Bonchev–Trinajstić information content (AvgIpc) is 3.13. The highest BCUT2D eigenvalue weighted by Crippen LogP contribution is 2.28. The number of carbonyl (C=O) groups excluding carboxylic acids is 1. The smallest absolute Gasteiger partial charge is 0.326 e. The highest BCUT2D eigenvalue weighted by atomic mass is 32.1. The van der Waals surface area contributed by atoms with Crippen molar-refractivity contribution in [3.8, 4) is 5.75 Å². The minimum Gasteiger partial charge on any atom is -0.496 e. The second kappa shape index (κ2) is 10.4. The summed E-state index contributed by atoms with van der Waals surface area (Å²) in [5, 5.41) is 16.4. The molecule has 160 valence electrons. The van der Waals surface area contributed by atoms with Crippen molar-refractivity contribution >= 4 is 29.2 Å². The van der Waals surface area contributed by atoms with E-state index in [9.17, 15) is 14.7 Å². The van der Waals surface area contributed by atoms with E-state index >= 15 is 0 Å². The summed E-state index contributed by atoms with van der Waals surface area (Å²) in [6.07, 6.45) is 2.19. The number of carbonyl (C=O) groups is 2. The third-order valence-corrected chi connectivity index (χ3v) is 5.66. The van der Waals surface area contributed by atoms with Gasteiger partial charge in [-0.3, -0.25) is 4.79 Å². The summed E-state index contributed by atoms with van der Waals surface area (Å²) in [6, 6.07) is 7.03. The number of nitrogens with one attached hydrogen (secondary N) is 2. The van der Waals surface area contributed by atoms with Crippen molar-refractivity contribution in [2.45, 2.75) is 51.7 Å². The lowest BCUT2D eigenvalue weighted by molar-refractivity contribution is -0.152. The van der Waals surface area contributed by atoms with E-state index in [1.165, 1.54) is 4.90 Å². The number of thiocarbonyl (C=S) groups is 1. The van der Waals surface area contributed by atoms with Gasteiger partial charge in [0.15, 0.2) is 5.11 Å². The molecule has 1 amide bonds. The van der Waals surface area contributed by atoms with E-state index in [-0.39, 0.29) is 23.8 Å². The number of hydrogen-bond acceptors (Lipinski definition) is 4. The predicted molar refractivity (Wildman–Crippen MR) is 116 cm³/mol. The molecule has 0 saturated heterocycles. The Kier molecular flexibility index (Phi) is 8.25. The number of carboxylic acid groups (broad SMARTS) is 1. The number of ether oxygens (including phenoxy) is 1. The van der Waals surface area contributed by atoms with Gasteiger partial charge in [0, 0.05) is 31.1 Å². The fourth-order valence-electron chi connectivity index (χ4n) is 3.92. The number of rotatable bonds is 8. The summed E-state index contributed by atoms with van der Waals surface area (Å²) in [5.41, 5.74) is 1.01. The van der Waals surface area contributed by atoms with Gasteiger partial charge in [0.25, 0.3) is 0 Å². The minimum absolute atomic E-state index is 0.0948. The van der Waals surface area contributed by atoms with Crippen LogP contribution in [0, 0.1) is 11.8 Å². The Bertz CT molecular complexity index is 740. The first-order chi connectivity index (χ1) is 13.7. The van der Waals surface area contributed by atoms with Crippen LogP contribution < -0.4 is 15.4 Å². The largest absolute Gasteiger partial charge is 0.496 e. The van der Waals surface area contributed by atoms with E-state index in [1.54, 1.807) is 14.2 Å². The third kappa shape index (κ3) is 6.06. The van der Waals surface area contributed by atoms with E-state index in [2.05, 4.69) is 10.6 Å². The van der Waals surface area contributed by atoms with Crippen LogP contribution in [0.2, 0.25) is 0 Å². The molecule has 2 rings (SSSR count). The summed E-state index contributed by atoms with van der Waals surface area (Å²) in [4.78, 5) is 25.7. The van der Waals surface area contributed by atoms with Crippen LogP contribution in [0.4, 0.5) is 0 Å². The van der Waals surface area contributed by atoms with Crippen LogP contribution in [-0.2, 0) is 16.1 Å². The van der Waals surface area contributed by atoms with Crippen molar-refractivity contribution < 1.29 is 19.4 Å². The summed E-state index contributed by atoms with van der Waals surface area (Å²) in [6.45, 7) is 4.17. The molecule has 1 aromatic rings. The predicted octanol–water partition coefficient (Wildman–Crippen LogP) is 2.40. The van der Waals surface area contributed by atoms with Gasteiger partial charge in [-0.1, -0.05) is 32.0 Å². The lowest BCUT2D eigenvalue weighted by Gasteiger charge is -2.30. The lowest BCUT2D eigenvalue weighted by atomic mass is 10.00. The fourth-order valence-corrected chi connectivity index (χ4v) is 4.16. The highest BCUT2D eigenvalue weighted by Gasteiger charge is 2.37. The first-order valence-corrected chi connectivity index (χ1v) is 10.3. The third-order valence-electron chi connectivity index (χ3n) is 5.40. The molecular formula is C21H31N3O4S. The van der Waals surface area contributed by atoms with E-state index in [0.717, 1.165) is 24.2 Å². The van der Waals surface area contributed by atoms with Gasteiger partial charge in [0.2, 0.25) is 5.91 Å². The Labute approximate surface area is 177 Å². The zero-order valence-corrected chi connectivity index (χ0v) is 18.3. The standard InChI is InChI=1S/C21H31N3O4S/c1-13(2)18(20(26)27)24(3)19(25)14-9-10-16(11-14)23-21(29)22-12-15-7-5-6-8-17(15)28-4/h5-8,13-14,16,18H,9-12H2,1-4H3,(H,26,27)(H2,22,23,29)/t14-,16-,18-/m0/s1. The maximum absolute atomic E-state index is 12.8. The van der Waals surface area contributed by atoms with Crippen molar-refractivity contribution in [1.29, 1.82) is 0 Å². The van der Waals surface area contributed by atoms with Crippen LogP contribution in [0.1, 0.15) is 38.7 Å². The van der Waals surface area contributed by atoms with Crippen LogP contribution >= 0.6 is 12.2 Å². The molecule has 3 N–H and O–H groups in total. The number of likely N-dealkylation sites (N-methyl/N-ethyl adjacent to an activating group) is 1. The fraction of sp³-hybridized carbons (Fsp3) is 0.571. The molecular weight excluding hydrogens is 390 g/mol. The van der Waals surface area contributed by atoms with Gasteiger partial charge in [-0.15, -0.1) is 0 Å². The van der Waals surface area contributed by atoms with Gasteiger partial charge < -0.3 is 25.4 Å². The molecule has 1 fully saturated rings. The van der Waals surface area contributed by atoms with Crippen molar-refractivity contribution in [2.24, 2.45) is 11.8 Å². The second-order valence-corrected chi connectivity index (χ2v) is 8.23. The Morgan fingerprint density at radius 2 is 2.00 bits per heavy atom. The molecule has 0 heterocycles. The molecule has 0 aliphatic heterocycles. The average molecular weight is 422 g/mol. The lowest BCUT2D eigenvalue weighted by Crippen LogP contribution is -2.48. The maximum atomic E-state index is 12.8. The van der Waals surface area contributed by atoms with Gasteiger partial charge >= 0.3 is 5.97 Å². The number of methoxy groups -OCH3 is 1. The SMILES string of the molecule is COc1ccccc1CNC(=S)N[C@H]1CC[C@H](C(=O)N(C)[C@H](C(=O)O)C(C)C)C1. The second-order valence-electron chi connectivity index (χ2n) is 7.82. The van der Waals surface area contributed by atoms with Crippen LogP contribution in [0.25, 0.3) is 0 Å². The molecule has 0 unspecified atom stereocenters. The quantitative estimate of drug-likeness (QED) is 0.555. The van der Waals surface area contributed by atoms with Gasteiger partial charge in [-0.2, -0.15) is 0 Å². The van der Waals surface area contributed by atoms with Crippen LogP contribution in [0.15, 0.2) is 24.3 Å². The summed E-state index contributed by atoms with van der Waals surface area (Å²) in [7, 11) is 3.22. The number of aliphatic carboxylic acids is 1. The first kappa shape index (κ1) is 22.9. The molecule has 7 nitrogen and oxygen atoms in total. The summed E-state index contributed by atoms with van der Waals surface area (Å²) < 4.78 is 5.34. The molecule has 3 atom stereocenters. The van der Waals surface area contributed by atoms with Crippen molar-refractivity contribution in [3.63, 3.8) is 0 Å². The van der Waals surface area contributed by atoms with Crippen molar-refractivity contribution in [3.05, 3.63) is 29.8 Å². The molecule has 1 saturated carbocycles. The van der Waals surface area contributed by atoms with E-state index < -0.39 is 12.0 Å². The Morgan fingerprint density at radius 3 is 2.62 bits per heavy atom. The molecule has 0 radical (unpaired) electrons. The Morgan fingerprint density at radius 1 is 1.31 bits per heavy atom. The highest BCUT2D eigenvalue weighted by molar-refractivity contribution is 7.80. The molecule has 0 aromatic heterocycles. The van der Waals surface area contributed by atoms with Crippen LogP contribution in [-0.4, -0.2) is 53.2 Å². The molecule has 0 bridgehead atoms. The maximum Gasteiger partial charge on any atom is 0.326 e. The van der Waals surface area contributed by atoms with Gasteiger partial charge in [-0.05, 0) is 43.5 Å². The zero-order valence-electron chi connectivity index (χ0n) is 17.5. The molecule has 0 spiro atoms. The van der Waals surface area contributed by atoms with E-state index in [0.29, 0.717) is 18.1 Å². The summed E-state index contributed by atoms with van der Waals surface area (Å²) in [5.74, 6) is -0.609. The molecule has 1 aliphatic carbocycles. The first-order valence-electron chi connectivity index (χ1n) is 9.90. The van der Waals surface area contributed by atoms with E-state index in [1.807, 2.05) is 38.1 Å².